The maximum absolute atomic E-state index is 13.1. The zero-order chi connectivity index (χ0) is 18.9. The fraction of sp³-hybridized carbons (Fsp3) is 0.278. The molecule has 0 bridgehead atoms. The number of aryl methyl sites for hydroxylation is 1. The number of ether oxygens (including phenoxy) is 1. The highest BCUT2D eigenvalue weighted by Crippen LogP contribution is 2.33. The van der Waals surface area contributed by atoms with Crippen molar-refractivity contribution in [2.45, 2.75) is 25.3 Å². The first kappa shape index (κ1) is 18.2. The van der Waals surface area contributed by atoms with Gasteiger partial charge < -0.3 is 13.7 Å². The summed E-state index contributed by atoms with van der Waals surface area (Å²) < 4.78 is 43.2. The number of methoxy groups -OCH3 is 1. The van der Waals surface area contributed by atoms with E-state index < -0.39 is 10.0 Å². The number of furan rings is 1. The van der Waals surface area contributed by atoms with Crippen LogP contribution in [0.15, 0.2) is 50.4 Å². The minimum Gasteiger partial charge on any atom is -0.495 e. The zero-order valence-electron chi connectivity index (χ0n) is 15.0. The highest BCUT2D eigenvalue weighted by molar-refractivity contribution is 7.89. The van der Waals surface area contributed by atoms with Crippen LogP contribution in [-0.2, 0) is 16.6 Å². The molecule has 0 fully saturated rings. The Hall–Kier alpha value is -2.58. The molecule has 2 aromatic heterocycles. The third-order valence-electron chi connectivity index (χ3n) is 4.23. The Labute approximate surface area is 152 Å². The largest absolute Gasteiger partial charge is 0.495 e. The molecule has 0 N–H and O–H groups in total. The van der Waals surface area contributed by atoms with Crippen molar-refractivity contribution in [2.24, 2.45) is 0 Å². The standard InChI is InChI=1S/C18H20N2O5S/c1-12-13(2)19-25-18(12)14-7-8-16(23-4)17(10-14)26(21,22)20(3)11-15-6-5-9-24-15/h5-10H,11H2,1-4H3. The smallest absolute Gasteiger partial charge is 0.246 e. The summed E-state index contributed by atoms with van der Waals surface area (Å²) in [5.74, 6) is 1.34. The topological polar surface area (TPSA) is 85.8 Å². The first-order valence-corrected chi connectivity index (χ1v) is 9.38. The molecule has 0 amide bonds. The number of rotatable bonds is 6. The summed E-state index contributed by atoms with van der Waals surface area (Å²) in [7, 11) is -0.879. The van der Waals surface area contributed by atoms with Gasteiger partial charge in [0, 0.05) is 18.2 Å². The number of hydrogen-bond acceptors (Lipinski definition) is 6. The van der Waals surface area contributed by atoms with Gasteiger partial charge in [0.25, 0.3) is 0 Å². The summed E-state index contributed by atoms with van der Waals surface area (Å²) >= 11 is 0. The summed E-state index contributed by atoms with van der Waals surface area (Å²) in [5, 5.41) is 3.93. The minimum atomic E-state index is -3.81. The first-order chi connectivity index (χ1) is 12.3. The minimum absolute atomic E-state index is 0.0556. The fourth-order valence-corrected chi connectivity index (χ4v) is 3.89. The van der Waals surface area contributed by atoms with E-state index in [0.717, 1.165) is 11.3 Å². The van der Waals surface area contributed by atoms with Crippen molar-refractivity contribution >= 4 is 10.0 Å². The quantitative estimate of drug-likeness (QED) is 0.655. The molecule has 7 nitrogen and oxygen atoms in total. The van der Waals surface area contributed by atoms with Crippen LogP contribution in [0.1, 0.15) is 17.0 Å². The van der Waals surface area contributed by atoms with Gasteiger partial charge >= 0.3 is 0 Å². The number of aromatic nitrogens is 1. The van der Waals surface area contributed by atoms with Crippen LogP contribution in [0, 0.1) is 13.8 Å². The number of sulfonamides is 1. The molecule has 0 aliphatic carbocycles. The van der Waals surface area contributed by atoms with Crippen LogP contribution in [0.5, 0.6) is 5.75 Å². The maximum Gasteiger partial charge on any atom is 0.246 e. The molecular formula is C18H20N2O5S. The van der Waals surface area contributed by atoms with Crippen molar-refractivity contribution in [2.75, 3.05) is 14.2 Å². The van der Waals surface area contributed by atoms with Crippen LogP contribution in [0.3, 0.4) is 0 Å². The van der Waals surface area contributed by atoms with Gasteiger partial charge in [0.1, 0.15) is 16.4 Å². The van der Waals surface area contributed by atoms with Gasteiger partial charge in [-0.05, 0) is 44.2 Å². The van der Waals surface area contributed by atoms with E-state index in [-0.39, 0.29) is 17.2 Å². The summed E-state index contributed by atoms with van der Waals surface area (Å²) in [4.78, 5) is 0.0556. The summed E-state index contributed by atoms with van der Waals surface area (Å²) in [5.41, 5.74) is 2.24. The molecule has 0 atom stereocenters. The summed E-state index contributed by atoms with van der Waals surface area (Å²) in [6.45, 7) is 3.83. The molecule has 26 heavy (non-hydrogen) atoms. The Balaban J connectivity index is 2.04. The summed E-state index contributed by atoms with van der Waals surface area (Å²) in [6.07, 6.45) is 1.51. The Morgan fingerprint density at radius 2 is 2.00 bits per heavy atom. The van der Waals surface area contributed by atoms with Crippen molar-refractivity contribution in [3.63, 3.8) is 0 Å². The van der Waals surface area contributed by atoms with E-state index in [2.05, 4.69) is 5.16 Å². The lowest BCUT2D eigenvalue weighted by Crippen LogP contribution is -2.26. The molecule has 1 aromatic carbocycles. The van der Waals surface area contributed by atoms with Crippen LogP contribution in [0.2, 0.25) is 0 Å². The molecule has 2 heterocycles. The van der Waals surface area contributed by atoms with Gasteiger partial charge in [0.15, 0.2) is 5.76 Å². The predicted molar refractivity (Wildman–Crippen MR) is 95.3 cm³/mol. The lowest BCUT2D eigenvalue weighted by atomic mass is 10.1. The van der Waals surface area contributed by atoms with Crippen LogP contribution < -0.4 is 4.74 Å². The third-order valence-corrected chi connectivity index (χ3v) is 6.05. The molecule has 0 spiro atoms. The zero-order valence-corrected chi connectivity index (χ0v) is 15.8. The van der Waals surface area contributed by atoms with E-state index in [1.807, 2.05) is 13.8 Å². The van der Waals surface area contributed by atoms with E-state index in [1.54, 1.807) is 30.3 Å². The Bertz CT molecular complexity index is 1010. The van der Waals surface area contributed by atoms with Gasteiger partial charge in [0.05, 0.1) is 25.6 Å². The van der Waals surface area contributed by atoms with Crippen LogP contribution in [0.4, 0.5) is 0 Å². The first-order valence-electron chi connectivity index (χ1n) is 7.94. The monoisotopic (exact) mass is 376 g/mol. The average Bonchev–Trinajstić information content (AvgIpc) is 3.25. The molecule has 8 heteroatoms. The van der Waals surface area contributed by atoms with Crippen LogP contribution >= 0.6 is 0 Å². The van der Waals surface area contributed by atoms with E-state index in [1.165, 1.54) is 24.7 Å². The molecule has 0 saturated carbocycles. The number of hydrogen-bond donors (Lipinski definition) is 0. The van der Waals surface area contributed by atoms with Gasteiger partial charge in [0.2, 0.25) is 10.0 Å². The predicted octanol–water partition coefficient (Wildman–Crippen LogP) is 3.38. The lowest BCUT2D eigenvalue weighted by Gasteiger charge is -2.18. The Morgan fingerprint density at radius 1 is 1.23 bits per heavy atom. The highest BCUT2D eigenvalue weighted by atomic mass is 32.2. The highest BCUT2D eigenvalue weighted by Gasteiger charge is 2.27. The van der Waals surface area contributed by atoms with Crippen molar-refractivity contribution in [3.05, 3.63) is 53.6 Å². The Kier molecular flexibility index (Phi) is 4.88. The third kappa shape index (κ3) is 3.25. The van der Waals surface area contributed by atoms with Gasteiger partial charge in [-0.3, -0.25) is 0 Å². The molecule has 0 saturated heterocycles. The Morgan fingerprint density at radius 3 is 2.58 bits per heavy atom. The SMILES string of the molecule is COc1ccc(-c2onc(C)c2C)cc1S(=O)(=O)N(C)Cc1ccco1. The fourth-order valence-electron chi connectivity index (χ4n) is 2.58. The number of nitrogens with zero attached hydrogens (tertiary/aromatic N) is 2. The van der Waals surface area contributed by atoms with Crippen molar-refractivity contribution in [3.8, 4) is 17.1 Å². The van der Waals surface area contributed by atoms with Crippen LogP contribution in [-0.4, -0.2) is 32.0 Å². The van der Waals surface area contributed by atoms with Gasteiger partial charge in [-0.2, -0.15) is 4.31 Å². The van der Waals surface area contributed by atoms with Crippen molar-refractivity contribution in [1.82, 2.24) is 9.46 Å². The molecule has 0 aliphatic heterocycles. The second-order valence-electron chi connectivity index (χ2n) is 5.93. The van der Waals surface area contributed by atoms with Gasteiger partial charge in [-0.1, -0.05) is 5.16 Å². The molecule has 3 aromatic rings. The van der Waals surface area contributed by atoms with Crippen molar-refractivity contribution in [1.29, 1.82) is 0 Å². The second-order valence-corrected chi connectivity index (χ2v) is 7.94. The van der Waals surface area contributed by atoms with Crippen molar-refractivity contribution < 1.29 is 22.1 Å². The van der Waals surface area contributed by atoms with E-state index in [0.29, 0.717) is 17.1 Å². The summed E-state index contributed by atoms with van der Waals surface area (Å²) in [6, 6.07) is 8.34. The van der Waals surface area contributed by atoms with E-state index in [9.17, 15) is 8.42 Å². The lowest BCUT2D eigenvalue weighted by molar-refractivity contribution is 0.388. The molecule has 3 rings (SSSR count). The second kappa shape index (κ2) is 6.97. The average molecular weight is 376 g/mol. The van der Waals surface area contributed by atoms with Crippen LogP contribution in [0.25, 0.3) is 11.3 Å². The number of benzene rings is 1. The molecule has 0 aliphatic rings. The molecule has 0 radical (unpaired) electrons. The molecular weight excluding hydrogens is 356 g/mol. The van der Waals surface area contributed by atoms with E-state index in [4.69, 9.17) is 13.7 Å². The molecule has 138 valence electrons. The van der Waals surface area contributed by atoms with E-state index >= 15 is 0 Å². The normalized spacial score (nSPS) is 11.9. The van der Waals surface area contributed by atoms with Gasteiger partial charge in [-0.15, -0.1) is 0 Å². The molecule has 0 unspecified atom stereocenters. The maximum atomic E-state index is 13.1. The van der Waals surface area contributed by atoms with Gasteiger partial charge in [-0.25, -0.2) is 8.42 Å².